The van der Waals surface area contributed by atoms with Gasteiger partial charge in [0.2, 0.25) is 0 Å². The van der Waals surface area contributed by atoms with Gasteiger partial charge in [-0.15, -0.1) is 0 Å². The predicted octanol–water partition coefficient (Wildman–Crippen LogP) is 2.30. The van der Waals surface area contributed by atoms with Gasteiger partial charge in [-0.2, -0.15) is 0 Å². The summed E-state index contributed by atoms with van der Waals surface area (Å²) in [4.78, 5) is 19.4. The van der Waals surface area contributed by atoms with Crippen LogP contribution in [0.4, 0.5) is 0 Å². The van der Waals surface area contributed by atoms with Crippen LogP contribution in [0.25, 0.3) is 11.2 Å². The van der Waals surface area contributed by atoms with E-state index < -0.39 is 5.97 Å². The van der Waals surface area contributed by atoms with Crippen LogP contribution in [0.3, 0.4) is 0 Å². The molecule has 3 aromatic rings. The molecule has 0 bridgehead atoms. The second kappa shape index (κ2) is 5.74. The summed E-state index contributed by atoms with van der Waals surface area (Å²) < 4.78 is 6.60. The summed E-state index contributed by atoms with van der Waals surface area (Å²) in [5.74, 6) is -0.999. The molecular formula is C12H9ClN4O3S. The maximum absolute atomic E-state index is 10.7. The van der Waals surface area contributed by atoms with Crippen molar-refractivity contribution in [1.29, 1.82) is 0 Å². The smallest absolute Gasteiger partial charge is 0.313 e. The number of carbonyl (C=O) groups is 1. The van der Waals surface area contributed by atoms with E-state index in [9.17, 15) is 4.79 Å². The normalized spacial score (nSPS) is 11.1. The van der Waals surface area contributed by atoms with Crippen LogP contribution < -0.4 is 0 Å². The highest BCUT2D eigenvalue weighted by Crippen LogP contribution is 2.25. The van der Waals surface area contributed by atoms with E-state index in [1.165, 1.54) is 12.5 Å². The van der Waals surface area contributed by atoms with E-state index in [1.807, 2.05) is 0 Å². The topological polar surface area (TPSA) is 94.0 Å². The summed E-state index contributed by atoms with van der Waals surface area (Å²) in [5.41, 5.74) is 1.93. The fourth-order valence-corrected chi connectivity index (χ4v) is 2.70. The van der Waals surface area contributed by atoms with E-state index in [-0.39, 0.29) is 5.75 Å². The number of thioether (sulfide) groups is 1. The molecule has 0 aromatic carbocycles. The molecule has 0 aliphatic rings. The summed E-state index contributed by atoms with van der Waals surface area (Å²) in [7, 11) is 0. The Kier molecular flexibility index (Phi) is 3.80. The van der Waals surface area contributed by atoms with Crippen LogP contribution in [0.5, 0.6) is 0 Å². The van der Waals surface area contributed by atoms with Gasteiger partial charge in [-0.3, -0.25) is 9.36 Å². The third-order valence-corrected chi connectivity index (χ3v) is 3.82. The van der Waals surface area contributed by atoms with Crippen LogP contribution in [-0.2, 0) is 11.3 Å². The standard InChI is InChI=1S/C12H9ClN4O3S/c13-7-3-9-11(14-4-7)17(5-8-1-2-20-16-8)12(15-9)21-6-10(18)19/h1-4H,5-6H2,(H,18,19). The van der Waals surface area contributed by atoms with E-state index in [1.54, 1.807) is 16.7 Å². The molecule has 0 saturated heterocycles. The van der Waals surface area contributed by atoms with Gasteiger partial charge < -0.3 is 9.63 Å². The summed E-state index contributed by atoms with van der Waals surface area (Å²) in [5, 5.41) is 13.7. The highest BCUT2D eigenvalue weighted by molar-refractivity contribution is 7.99. The van der Waals surface area contributed by atoms with Gasteiger partial charge in [-0.25, -0.2) is 9.97 Å². The maximum Gasteiger partial charge on any atom is 0.313 e. The molecule has 0 fully saturated rings. The summed E-state index contributed by atoms with van der Waals surface area (Å²) in [6.45, 7) is 0.392. The highest BCUT2D eigenvalue weighted by atomic mass is 35.5. The molecule has 1 N–H and O–H groups in total. The Morgan fingerprint density at radius 2 is 2.38 bits per heavy atom. The number of rotatable bonds is 5. The maximum atomic E-state index is 10.7. The van der Waals surface area contributed by atoms with Crippen molar-refractivity contribution in [3.63, 3.8) is 0 Å². The van der Waals surface area contributed by atoms with Crippen molar-refractivity contribution in [3.8, 4) is 0 Å². The second-order valence-corrected chi connectivity index (χ2v) is 5.53. The van der Waals surface area contributed by atoms with E-state index in [2.05, 4.69) is 15.1 Å². The number of hydrogen-bond acceptors (Lipinski definition) is 6. The molecule has 9 heteroatoms. The Morgan fingerprint density at radius 3 is 3.10 bits per heavy atom. The van der Waals surface area contributed by atoms with E-state index in [4.69, 9.17) is 21.2 Å². The number of pyridine rings is 1. The minimum absolute atomic E-state index is 0.0874. The van der Waals surface area contributed by atoms with Gasteiger partial charge in [0, 0.05) is 12.3 Å². The molecule has 0 spiro atoms. The Labute approximate surface area is 127 Å². The monoisotopic (exact) mass is 324 g/mol. The lowest BCUT2D eigenvalue weighted by molar-refractivity contribution is -0.133. The number of halogens is 1. The summed E-state index contributed by atoms with van der Waals surface area (Å²) >= 11 is 7.03. The molecule has 0 radical (unpaired) electrons. The first-order valence-corrected chi connectivity index (χ1v) is 7.25. The zero-order valence-electron chi connectivity index (χ0n) is 10.6. The zero-order chi connectivity index (χ0) is 14.8. The number of imidazole rings is 1. The molecule has 108 valence electrons. The number of fused-ring (bicyclic) bond motifs is 1. The fraction of sp³-hybridized carbons (Fsp3) is 0.167. The first-order valence-electron chi connectivity index (χ1n) is 5.89. The van der Waals surface area contributed by atoms with Crippen LogP contribution in [0.1, 0.15) is 5.69 Å². The number of hydrogen-bond donors (Lipinski definition) is 1. The van der Waals surface area contributed by atoms with Crippen molar-refractivity contribution in [3.05, 3.63) is 35.3 Å². The lowest BCUT2D eigenvalue weighted by Gasteiger charge is -2.04. The molecule has 0 aliphatic heterocycles. The van der Waals surface area contributed by atoms with Crippen molar-refractivity contribution in [2.24, 2.45) is 0 Å². The van der Waals surface area contributed by atoms with E-state index >= 15 is 0 Å². The van der Waals surface area contributed by atoms with Gasteiger partial charge in [-0.05, 0) is 6.07 Å². The minimum Gasteiger partial charge on any atom is -0.481 e. The minimum atomic E-state index is -0.911. The Bertz CT molecular complexity index is 787. The largest absolute Gasteiger partial charge is 0.481 e. The number of carboxylic acid groups (broad SMARTS) is 1. The fourth-order valence-electron chi connectivity index (χ4n) is 1.83. The molecule has 0 amide bonds. The first-order chi connectivity index (χ1) is 10.1. The third-order valence-electron chi connectivity index (χ3n) is 2.65. The molecule has 0 aliphatic carbocycles. The van der Waals surface area contributed by atoms with Crippen LogP contribution in [0.15, 0.2) is 34.3 Å². The summed E-state index contributed by atoms with van der Waals surface area (Å²) in [6, 6.07) is 3.42. The quantitative estimate of drug-likeness (QED) is 0.719. The van der Waals surface area contributed by atoms with Gasteiger partial charge in [0.25, 0.3) is 0 Å². The van der Waals surface area contributed by atoms with Gasteiger partial charge in [0.15, 0.2) is 10.8 Å². The van der Waals surface area contributed by atoms with Gasteiger partial charge in [-0.1, -0.05) is 28.5 Å². The molecule has 3 aromatic heterocycles. The van der Waals surface area contributed by atoms with Crippen molar-refractivity contribution in [2.75, 3.05) is 5.75 Å². The Hall–Kier alpha value is -2.06. The number of aromatic nitrogens is 4. The highest BCUT2D eigenvalue weighted by Gasteiger charge is 2.15. The van der Waals surface area contributed by atoms with Crippen molar-refractivity contribution in [1.82, 2.24) is 19.7 Å². The first kappa shape index (κ1) is 13.9. The van der Waals surface area contributed by atoms with Gasteiger partial charge in [0.05, 0.1) is 17.3 Å². The van der Waals surface area contributed by atoms with Crippen LogP contribution in [-0.4, -0.2) is 36.5 Å². The average Bonchev–Trinajstić information content (AvgIpc) is 3.05. The molecule has 0 saturated carbocycles. The zero-order valence-corrected chi connectivity index (χ0v) is 12.1. The van der Waals surface area contributed by atoms with Crippen molar-refractivity contribution >= 4 is 40.5 Å². The number of aliphatic carboxylic acids is 1. The Morgan fingerprint density at radius 1 is 1.52 bits per heavy atom. The van der Waals surface area contributed by atoms with Crippen LogP contribution in [0, 0.1) is 0 Å². The Balaban J connectivity index is 2.03. The molecule has 0 unspecified atom stereocenters. The molecule has 3 heterocycles. The van der Waals surface area contributed by atoms with Gasteiger partial charge in [0.1, 0.15) is 17.5 Å². The lowest BCUT2D eigenvalue weighted by atomic mass is 10.4. The SMILES string of the molecule is O=C(O)CSc1nc2cc(Cl)cnc2n1Cc1ccon1. The van der Waals surface area contributed by atoms with E-state index in [0.29, 0.717) is 33.6 Å². The summed E-state index contributed by atoms with van der Waals surface area (Å²) in [6.07, 6.45) is 3.00. The number of carboxylic acids is 1. The molecule has 0 atom stereocenters. The number of nitrogens with zero attached hydrogens (tertiary/aromatic N) is 4. The lowest BCUT2D eigenvalue weighted by Crippen LogP contribution is -2.05. The second-order valence-electron chi connectivity index (χ2n) is 4.15. The molecule has 21 heavy (non-hydrogen) atoms. The molecular weight excluding hydrogens is 316 g/mol. The van der Waals surface area contributed by atoms with Crippen molar-refractivity contribution in [2.45, 2.75) is 11.7 Å². The van der Waals surface area contributed by atoms with Gasteiger partial charge >= 0.3 is 5.97 Å². The van der Waals surface area contributed by atoms with Crippen LogP contribution in [0.2, 0.25) is 5.02 Å². The van der Waals surface area contributed by atoms with E-state index in [0.717, 1.165) is 11.8 Å². The molecule has 3 rings (SSSR count). The molecule has 7 nitrogen and oxygen atoms in total. The third kappa shape index (κ3) is 3.01. The van der Waals surface area contributed by atoms with Crippen LogP contribution >= 0.6 is 23.4 Å². The van der Waals surface area contributed by atoms with Crippen molar-refractivity contribution < 1.29 is 14.4 Å². The predicted molar refractivity (Wildman–Crippen MR) is 76.5 cm³/mol. The average molecular weight is 325 g/mol.